The van der Waals surface area contributed by atoms with E-state index in [0.29, 0.717) is 0 Å². The predicted octanol–water partition coefficient (Wildman–Crippen LogP) is 0.919. The van der Waals surface area contributed by atoms with Gasteiger partial charge in [-0.15, -0.1) is 0 Å². The lowest BCUT2D eigenvalue weighted by Crippen LogP contribution is -2.13. The number of rotatable bonds is 4. The van der Waals surface area contributed by atoms with Crippen molar-refractivity contribution in [3.05, 3.63) is 42.5 Å². The Kier molecular flexibility index (Phi) is 3.26. The maximum Gasteiger partial charge on any atom is 0.354 e. The van der Waals surface area contributed by atoms with Crippen LogP contribution in [0, 0.1) is 0 Å². The molecule has 0 saturated carbocycles. The van der Waals surface area contributed by atoms with E-state index < -0.39 is 16.0 Å². The molecule has 0 radical (unpaired) electrons. The van der Waals surface area contributed by atoms with Crippen LogP contribution in [0.4, 0.5) is 5.69 Å². The Morgan fingerprint density at radius 3 is 2.58 bits per heavy atom. The average Bonchev–Trinajstić information content (AvgIpc) is 2.77. The third-order valence-electron chi connectivity index (χ3n) is 2.35. The van der Waals surface area contributed by atoms with Crippen molar-refractivity contribution in [2.24, 2.45) is 7.05 Å². The molecule has 0 aromatic carbocycles. The number of aryl methyl sites for hydroxylation is 1. The number of nitrogens with zero attached hydrogens (tertiary/aromatic N) is 2. The lowest BCUT2D eigenvalue weighted by molar-refractivity contribution is 0.0690. The summed E-state index contributed by atoms with van der Waals surface area (Å²) in [6, 6.07) is 4.03. The van der Waals surface area contributed by atoms with Crippen LogP contribution in [-0.2, 0) is 17.1 Å². The molecule has 2 aromatic heterocycles. The fourth-order valence-electron chi connectivity index (χ4n) is 1.43. The lowest BCUT2D eigenvalue weighted by atomic mass is 10.3. The number of pyridine rings is 1. The van der Waals surface area contributed by atoms with Crippen LogP contribution in [0.15, 0.2) is 41.7 Å². The van der Waals surface area contributed by atoms with Gasteiger partial charge in [-0.3, -0.25) is 4.72 Å². The number of nitrogens with one attached hydrogen (secondary N) is 1. The molecule has 8 heteroatoms. The van der Waals surface area contributed by atoms with Crippen LogP contribution in [0.1, 0.15) is 10.5 Å². The van der Waals surface area contributed by atoms with Crippen molar-refractivity contribution >= 4 is 21.7 Å². The fourth-order valence-corrected chi connectivity index (χ4v) is 2.53. The first-order chi connectivity index (χ1) is 8.88. The fraction of sp³-hybridized carbons (Fsp3) is 0.0909. The lowest BCUT2D eigenvalue weighted by Gasteiger charge is -2.06. The summed E-state index contributed by atoms with van der Waals surface area (Å²) in [7, 11) is -1.97. The minimum atomic E-state index is -3.68. The maximum absolute atomic E-state index is 12.0. The van der Waals surface area contributed by atoms with Gasteiger partial charge in [0.1, 0.15) is 10.6 Å². The van der Waals surface area contributed by atoms with Gasteiger partial charge >= 0.3 is 5.97 Å². The zero-order chi connectivity index (χ0) is 14.0. The number of aromatic nitrogens is 2. The molecule has 0 fully saturated rings. The monoisotopic (exact) mass is 281 g/mol. The molecule has 2 rings (SSSR count). The van der Waals surface area contributed by atoms with Crippen LogP contribution in [-0.4, -0.2) is 29.0 Å². The number of aromatic carboxylic acids is 1. The minimum absolute atomic E-state index is 0.123. The van der Waals surface area contributed by atoms with Gasteiger partial charge in [0, 0.05) is 19.4 Å². The Bertz CT molecular complexity index is 704. The first-order valence-corrected chi connectivity index (χ1v) is 6.71. The highest BCUT2D eigenvalue weighted by molar-refractivity contribution is 7.92. The number of carboxylic acids is 1. The molecule has 0 atom stereocenters. The van der Waals surface area contributed by atoms with Crippen LogP contribution in [0.3, 0.4) is 0 Å². The molecule has 0 aliphatic carbocycles. The molecule has 0 saturated heterocycles. The van der Waals surface area contributed by atoms with Gasteiger partial charge in [-0.1, -0.05) is 0 Å². The zero-order valence-corrected chi connectivity index (χ0v) is 10.8. The van der Waals surface area contributed by atoms with Crippen LogP contribution in [0.25, 0.3) is 0 Å². The number of hydrogen-bond acceptors (Lipinski definition) is 4. The molecule has 2 aromatic rings. The van der Waals surface area contributed by atoms with E-state index in [0.717, 1.165) is 6.20 Å². The number of carbonyl (C=O) groups is 1. The smallest absolute Gasteiger partial charge is 0.354 e. The summed E-state index contributed by atoms with van der Waals surface area (Å²) in [6.07, 6.45) is 4.23. The molecule has 100 valence electrons. The summed E-state index contributed by atoms with van der Waals surface area (Å²) in [5.74, 6) is -1.17. The first-order valence-electron chi connectivity index (χ1n) is 5.22. The molecule has 0 aliphatic rings. The summed E-state index contributed by atoms with van der Waals surface area (Å²) in [5.41, 5.74) is 0.0523. The molecule has 2 heterocycles. The third kappa shape index (κ3) is 2.91. The number of carboxylic acid groups (broad SMARTS) is 1. The van der Waals surface area contributed by atoms with Gasteiger partial charge in [-0.05, 0) is 18.2 Å². The van der Waals surface area contributed by atoms with Gasteiger partial charge in [0.25, 0.3) is 10.0 Å². The Labute approximate surface area is 109 Å². The van der Waals surface area contributed by atoms with Crippen molar-refractivity contribution < 1.29 is 18.3 Å². The topological polar surface area (TPSA) is 101 Å². The van der Waals surface area contributed by atoms with E-state index >= 15 is 0 Å². The summed E-state index contributed by atoms with van der Waals surface area (Å²) in [4.78, 5) is 14.4. The molecular formula is C11H11N3O4S. The number of sulfonamides is 1. The molecule has 19 heavy (non-hydrogen) atoms. The Morgan fingerprint density at radius 2 is 2.11 bits per heavy atom. The van der Waals surface area contributed by atoms with Gasteiger partial charge in [0.2, 0.25) is 0 Å². The van der Waals surface area contributed by atoms with Crippen molar-refractivity contribution in [3.8, 4) is 0 Å². The molecule has 0 bridgehead atoms. The van der Waals surface area contributed by atoms with Crippen molar-refractivity contribution in [3.63, 3.8) is 0 Å². The SMILES string of the molecule is Cn1ccc(S(=O)(=O)Nc2ccc(C(=O)O)nc2)c1. The van der Waals surface area contributed by atoms with E-state index in [1.807, 2.05) is 0 Å². The average molecular weight is 281 g/mol. The highest BCUT2D eigenvalue weighted by Gasteiger charge is 2.15. The Balaban J connectivity index is 2.23. The zero-order valence-electron chi connectivity index (χ0n) is 9.94. The molecule has 7 nitrogen and oxygen atoms in total. The van der Waals surface area contributed by atoms with Crippen LogP contribution >= 0.6 is 0 Å². The standard InChI is InChI=1S/C11H11N3O4S/c1-14-5-4-9(7-14)19(17,18)13-8-2-3-10(11(15)16)12-6-8/h2-7,13H,1H3,(H,15,16). The summed E-state index contributed by atoms with van der Waals surface area (Å²) in [5, 5.41) is 8.69. The second-order valence-electron chi connectivity index (χ2n) is 3.86. The van der Waals surface area contributed by atoms with Crippen LogP contribution in [0.5, 0.6) is 0 Å². The second-order valence-corrected chi connectivity index (χ2v) is 5.54. The van der Waals surface area contributed by atoms with Gasteiger partial charge in [-0.2, -0.15) is 0 Å². The van der Waals surface area contributed by atoms with E-state index in [2.05, 4.69) is 9.71 Å². The molecular weight excluding hydrogens is 270 g/mol. The van der Waals surface area contributed by atoms with Gasteiger partial charge in [-0.25, -0.2) is 18.2 Å². The van der Waals surface area contributed by atoms with E-state index in [4.69, 9.17) is 5.11 Å². The second kappa shape index (κ2) is 4.73. The summed E-state index contributed by atoms with van der Waals surface area (Å²) in [6.45, 7) is 0. The van der Waals surface area contributed by atoms with E-state index in [1.165, 1.54) is 24.4 Å². The normalized spacial score (nSPS) is 11.2. The van der Waals surface area contributed by atoms with Crippen molar-refractivity contribution in [1.82, 2.24) is 9.55 Å². The predicted molar refractivity (Wildman–Crippen MR) is 67.4 cm³/mol. The van der Waals surface area contributed by atoms with Crippen LogP contribution < -0.4 is 4.72 Å². The van der Waals surface area contributed by atoms with Gasteiger partial charge < -0.3 is 9.67 Å². The van der Waals surface area contributed by atoms with Crippen molar-refractivity contribution in [2.45, 2.75) is 4.90 Å². The Morgan fingerprint density at radius 1 is 1.37 bits per heavy atom. The van der Waals surface area contributed by atoms with Crippen molar-refractivity contribution in [2.75, 3.05) is 4.72 Å². The maximum atomic E-state index is 12.0. The van der Waals surface area contributed by atoms with E-state index in [9.17, 15) is 13.2 Å². The summed E-state index contributed by atoms with van der Waals surface area (Å²) >= 11 is 0. The molecule has 0 aliphatic heterocycles. The molecule has 0 unspecified atom stereocenters. The molecule has 0 amide bonds. The van der Waals surface area contributed by atoms with E-state index in [1.54, 1.807) is 17.8 Å². The van der Waals surface area contributed by atoms with E-state index in [-0.39, 0.29) is 16.3 Å². The minimum Gasteiger partial charge on any atom is -0.477 e. The first kappa shape index (κ1) is 13.1. The highest BCUT2D eigenvalue weighted by Crippen LogP contribution is 2.15. The van der Waals surface area contributed by atoms with Crippen molar-refractivity contribution in [1.29, 1.82) is 0 Å². The van der Waals surface area contributed by atoms with Gasteiger partial charge in [0.05, 0.1) is 11.9 Å². The highest BCUT2D eigenvalue weighted by atomic mass is 32.2. The van der Waals surface area contributed by atoms with Gasteiger partial charge in [0.15, 0.2) is 0 Å². The number of anilines is 1. The third-order valence-corrected chi connectivity index (χ3v) is 3.72. The quantitative estimate of drug-likeness (QED) is 0.867. The largest absolute Gasteiger partial charge is 0.477 e. The molecule has 0 spiro atoms. The number of hydrogen-bond donors (Lipinski definition) is 2. The summed E-state index contributed by atoms with van der Waals surface area (Å²) < 4.78 is 27.9. The van der Waals surface area contributed by atoms with Crippen LogP contribution in [0.2, 0.25) is 0 Å². The molecule has 2 N–H and O–H groups in total. The Hall–Kier alpha value is -2.35.